The van der Waals surface area contributed by atoms with Crippen molar-refractivity contribution in [3.05, 3.63) is 42.4 Å². The summed E-state index contributed by atoms with van der Waals surface area (Å²) >= 11 is 0. The average molecular weight is 419 g/mol. The summed E-state index contributed by atoms with van der Waals surface area (Å²) in [4.78, 5) is 21.8. The first kappa shape index (κ1) is 20.0. The van der Waals surface area contributed by atoms with Gasteiger partial charge in [0.25, 0.3) is 0 Å². The maximum Gasteiger partial charge on any atom is 0.223 e. The van der Waals surface area contributed by atoms with E-state index in [9.17, 15) is 4.79 Å². The number of para-hydroxylation sites is 1. The number of carbonyl (C=O) groups is 1. The monoisotopic (exact) mass is 418 g/mol. The molecule has 0 aliphatic heterocycles. The van der Waals surface area contributed by atoms with Crippen LogP contribution in [-0.2, 0) is 11.2 Å². The molecular weight excluding hydrogens is 388 g/mol. The lowest BCUT2D eigenvalue weighted by molar-refractivity contribution is -0.128. The molecule has 0 atom stereocenters. The van der Waals surface area contributed by atoms with Crippen molar-refractivity contribution in [2.24, 2.45) is 5.92 Å². The number of aromatic nitrogens is 4. The fraction of sp³-hybridized carbons (Fsp3) is 0.500. The van der Waals surface area contributed by atoms with Gasteiger partial charge >= 0.3 is 0 Å². The fourth-order valence-electron chi connectivity index (χ4n) is 4.54. The number of nitrogens with one attached hydrogen (secondary N) is 2. The van der Waals surface area contributed by atoms with Gasteiger partial charge in [-0.25, -0.2) is 14.6 Å². The number of rotatable bonds is 6. The van der Waals surface area contributed by atoms with Gasteiger partial charge in [-0.2, -0.15) is 5.10 Å². The van der Waals surface area contributed by atoms with E-state index in [1.54, 1.807) is 0 Å². The van der Waals surface area contributed by atoms with Crippen LogP contribution < -0.4 is 10.6 Å². The Morgan fingerprint density at radius 2 is 1.77 bits per heavy atom. The summed E-state index contributed by atoms with van der Waals surface area (Å²) in [6, 6.07) is 10.7. The molecule has 2 N–H and O–H groups in total. The molecule has 0 radical (unpaired) electrons. The van der Waals surface area contributed by atoms with Gasteiger partial charge in [-0.1, -0.05) is 31.5 Å². The van der Waals surface area contributed by atoms with Gasteiger partial charge in [-0.3, -0.25) is 4.79 Å². The predicted molar refractivity (Wildman–Crippen MR) is 121 cm³/mol. The predicted octanol–water partition coefficient (Wildman–Crippen LogP) is 4.02. The van der Waals surface area contributed by atoms with Crippen molar-refractivity contribution >= 4 is 22.8 Å². The van der Waals surface area contributed by atoms with Crippen LogP contribution in [0, 0.1) is 5.92 Å². The van der Waals surface area contributed by atoms with Crippen LogP contribution in [0.2, 0.25) is 0 Å². The van der Waals surface area contributed by atoms with Crippen molar-refractivity contribution in [2.75, 3.05) is 5.32 Å². The van der Waals surface area contributed by atoms with Crippen molar-refractivity contribution in [3.63, 3.8) is 0 Å². The molecule has 0 bridgehead atoms. The van der Waals surface area contributed by atoms with Gasteiger partial charge in [0.15, 0.2) is 5.65 Å². The number of amides is 1. The maximum absolute atomic E-state index is 12.2. The minimum Gasteiger partial charge on any atom is -0.367 e. The van der Waals surface area contributed by atoms with Crippen molar-refractivity contribution in [3.8, 4) is 5.69 Å². The van der Waals surface area contributed by atoms with Crippen LogP contribution in [0.3, 0.4) is 0 Å². The van der Waals surface area contributed by atoms with Gasteiger partial charge in [-0.15, -0.1) is 0 Å². The van der Waals surface area contributed by atoms with E-state index in [0.717, 1.165) is 73.3 Å². The van der Waals surface area contributed by atoms with Gasteiger partial charge in [0.05, 0.1) is 17.3 Å². The van der Waals surface area contributed by atoms with E-state index in [4.69, 9.17) is 9.97 Å². The lowest BCUT2D eigenvalue weighted by atomic mass is 9.84. The van der Waals surface area contributed by atoms with Crippen LogP contribution in [0.1, 0.15) is 57.7 Å². The minimum absolute atomic E-state index is 0.263. The molecule has 2 heterocycles. The Balaban J connectivity index is 1.30. The van der Waals surface area contributed by atoms with Gasteiger partial charge in [-0.05, 0) is 50.7 Å². The molecule has 0 unspecified atom stereocenters. The number of aryl methyl sites for hydroxylation is 1. The second-order valence-electron chi connectivity index (χ2n) is 8.80. The molecule has 2 aliphatic rings. The topological polar surface area (TPSA) is 84.7 Å². The quantitative estimate of drug-likeness (QED) is 0.632. The smallest absolute Gasteiger partial charge is 0.223 e. The summed E-state index contributed by atoms with van der Waals surface area (Å²) in [5.41, 5.74) is 1.83. The lowest BCUT2D eigenvalue weighted by Gasteiger charge is -2.32. The van der Waals surface area contributed by atoms with Crippen LogP contribution in [0.4, 0.5) is 5.82 Å². The zero-order valence-corrected chi connectivity index (χ0v) is 18.1. The third-order valence-corrected chi connectivity index (χ3v) is 6.68. The van der Waals surface area contributed by atoms with Gasteiger partial charge in [0.1, 0.15) is 11.6 Å². The molecule has 5 rings (SSSR count). The molecule has 2 fully saturated rings. The number of hydrogen-bond acceptors (Lipinski definition) is 5. The summed E-state index contributed by atoms with van der Waals surface area (Å²) < 4.78 is 1.88. The number of carbonyl (C=O) groups excluding carboxylic acids is 1. The second-order valence-corrected chi connectivity index (χ2v) is 8.80. The number of fused-ring (bicyclic) bond motifs is 1. The summed E-state index contributed by atoms with van der Waals surface area (Å²) in [5.74, 6) is 2.21. The van der Waals surface area contributed by atoms with Gasteiger partial charge < -0.3 is 10.6 Å². The van der Waals surface area contributed by atoms with Crippen molar-refractivity contribution in [2.45, 2.75) is 70.4 Å². The molecule has 31 heavy (non-hydrogen) atoms. The normalized spacial score (nSPS) is 21.6. The Kier molecular flexibility index (Phi) is 5.57. The Bertz CT molecular complexity index is 1050. The highest BCUT2D eigenvalue weighted by Gasteiger charge is 2.29. The molecule has 1 aromatic carbocycles. The fourth-order valence-corrected chi connectivity index (χ4v) is 4.54. The molecule has 1 amide bonds. The number of nitrogens with zero attached hydrogens (tertiary/aromatic N) is 4. The third-order valence-electron chi connectivity index (χ3n) is 6.68. The highest BCUT2D eigenvalue weighted by atomic mass is 16.2. The molecule has 2 aromatic heterocycles. The Morgan fingerprint density at radius 3 is 2.45 bits per heavy atom. The summed E-state index contributed by atoms with van der Waals surface area (Å²) in [6.07, 6.45) is 10.0. The van der Waals surface area contributed by atoms with Crippen molar-refractivity contribution in [1.82, 2.24) is 25.1 Å². The van der Waals surface area contributed by atoms with E-state index in [1.165, 1.54) is 6.42 Å². The van der Waals surface area contributed by atoms with Crippen LogP contribution in [0.5, 0.6) is 0 Å². The molecule has 0 spiro atoms. The Labute approximate surface area is 182 Å². The van der Waals surface area contributed by atoms with E-state index < -0.39 is 0 Å². The van der Waals surface area contributed by atoms with E-state index in [2.05, 4.69) is 22.7 Å². The first-order chi connectivity index (χ1) is 15.2. The molecule has 7 heteroatoms. The highest BCUT2D eigenvalue weighted by molar-refractivity contribution is 5.87. The van der Waals surface area contributed by atoms with E-state index in [-0.39, 0.29) is 11.8 Å². The van der Waals surface area contributed by atoms with E-state index in [1.807, 2.05) is 41.2 Å². The zero-order valence-electron chi connectivity index (χ0n) is 18.1. The molecule has 2 aliphatic carbocycles. The first-order valence-corrected chi connectivity index (χ1v) is 11.6. The number of anilines is 1. The minimum atomic E-state index is 0.263. The zero-order chi connectivity index (χ0) is 21.2. The van der Waals surface area contributed by atoms with Crippen molar-refractivity contribution < 1.29 is 4.79 Å². The van der Waals surface area contributed by atoms with E-state index in [0.29, 0.717) is 12.1 Å². The Morgan fingerprint density at radius 1 is 1.03 bits per heavy atom. The Hall–Kier alpha value is -2.96. The maximum atomic E-state index is 12.2. The molecule has 3 aromatic rings. The summed E-state index contributed by atoms with van der Waals surface area (Å²) in [6.45, 7) is 2.07. The van der Waals surface area contributed by atoms with Gasteiger partial charge in [0, 0.05) is 24.4 Å². The highest BCUT2D eigenvalue weighted by Crippen LogP contribution is 2.29. The largest absolute Gasteiger partial charge is 0.367 e. The second kappa shape index (κ2) is 8.65. The molecule has 7 nitrogen and oxygen atoms in total. The van der Waals surface area contributed by atoms with Crippen LogP contribution in [-0.4, -0.2) is 37.7 Å². The van der Waals surface area contributed by atoms with E-state index >= 15 is 0 Å². The number of hydrogen-bond donors (Lipinski definition) is 2. The van der Waals surface area contributed by atoms with Gasteiger partial charge in [0.2, 0.25) is 5.91 Å². The molecule has 0 saturated heterocycles. The van der Waals surface area contributed by atoms with Crippen LogP contribution >= 0.6 is 0 Å². The number of benzene rings is 1. The summed E-state index contributed by atoms with van der Waals surface area (Å²) in [7, 11) is 0. The van der Waals surface area contributed by atoms with Crippen LogP contribution in [0.25, 0.3) is 16.7 Å². The first-order valence-electron chi connectivity index (χ1n) is 11.6. The molecular formula is C24H30N6O. The SMILES string of the molecule is CCc1nc(NC2CCC(NC(=O)C3CCC3)CC2)c2cnn(-c3ccccc3)c2n1. The third kappa shape index (κ3) is 4.13. The average Bonchev–Trinajstić information content (AvgIpc) is 3.18. The van der Waals surface area contributed by atoms with Crippen LogP contribution in [0.15, 0.2) is 36.5 Å². The van der Waals surface area contributed by atoms with Crippen molar-refractivity contribution in [1.29, 1.82) is 0 Å². The molecule has 162 valence electrons. The summed E-state index contributed by atoms with van der Waals surface area (Å²) in [5, 5.41) is 12.5. The molecule has 2 saturated carbocycles. The standard InChI is InChI=1S/C24H30N6O/c1-2-21-28-22(20-15-25-30(23(20)29-21)19-9-4-3-5-10-19)26-17-11-13-18(14-12-17)27-24(31)16-7-6-8-16/h3-5,9-10,15-18H,2,6-8,11-14H2,1H3,(H,27,31)(H,26,28,29). The lowest BCUT2D eigenvalue weighted by Crippen LogP contribution is -2.44.